The summed E-state index contributed by atoms with van der Waals surface area (Å²) in [5, 5.41) is 0.821. The van der Waals surface area contributed by atoms with Crippen molar-refractivity contribution in [1.29, 1.82) is 0 Å². The maximum atomic E-state index is 12.5. The molecule has 7 heteroatoms. The number of sulfonamides is 1. The molecule has 4 nitrogen and oxygen atoms in total. The minimum atomic E-state index is -3.38. The molecule has 1 saturated heterocycles. The Hall–Kier alpha value is -0.330. The molecule has 0 unspecified atom stereocenters. The summed E-state index contributed by atoms with van der Waals surface area (Å²) in [4.78, 5) is 2.51. The third-order valence-corrected chi connectivity index (χ3v) is 7.66. The highest BCUT2D eigenvalue weighted by molar-refractivity contribution is 7.88. The number of hydrogen-bond donors (Lipinski definition) is 1. The largest absolute Gasteiger partial charge is 0.303 e. The summed E-state index contributed by atoms with van der Waals surface area (Å²) in [6.45, 7) is 3.15. The molecule has 2 aliphatic rings. The van der Waals surface area contributed by atoms with Crippen LogP contribution in [0.2, 0.25) is 10.0 Å². The molecule has 26 heavy (non-hydrogen) atoms. The summed E-state index contributed by atoms with van der Waals surface area (Å²) < 4.78 is 27.8. The van der Waals surface area contributed by atoms with E-state index in [0.717, 1.165) is 31.8 Å². The first-order chi connectivity index (χ1) is 12.4. The Morgan fingerprint density at radius 1 is 1.00 bits per heavy atom. The van der Waals surface area contributed by atoms with Crippen molar-refractivity contribution in [2.75, 3.05) is 19.6 Å². The van der Waals surface area contributed by atoms with Crippen LogP contribution in [0.15, 0.2) is 18.2 Å². The maximum Gasteiger partial charge on any atom is 0.216 e. The molecule has 1 aromatic carbocycles. The van der Waals surface area contributed by atoms with E-state index in [1.54, 1.807) is 18.2 Å². The van der Waals surface area contributed by atoms with Crippen LogP contribution >= 0.6 is 23.2 Å². The number of hydrogen-bond acceptors (Lipinski definition) is 3. The van der Waals surface area contributed by atoms with Gasteiger partial charge in [-0.05, 0) is 62.4 Å². The van der Waals surface area contributed by atoms with Crippen molar-refractivity contribution in [3.05, 3.63) is 33.8 Å². The van der Waals surface area contributed by atoms with Gasteiger partial charge in [0.1, 0.15) is 0 Å². The predicted octanol–water partition coefficient (Wildman–Crippen LogP) is 4.46. The average molecular weight is 419 g/mol. The number of halogens is 2. The van der Waals surface area contributed by atoms with Crippen molar-refractivity contribution < 1.29 is 8.42 Å². The zero-order valence-electron chi connectivity index (χ0n) is 15.1. The molecule has 1 N–H and O–H groups in total. The Balaban J connectivity index is 1.46. The van der Waals surface area contributed by atoms with E-state index < -0.39 is 10.0 Å². The molecule has 1 heterocycles. The minimum Gasteiger partial charge on any atom is -0.303 e. The summed E-state index contributed by atoms with van der Waals surface area (Å²) in [7, 11) is -3.38. The summed E-state index contributed by atoms with van der Waals surface area (Å²) >= 11 is 11.9. The molecule has 2 fully saturated rings. The van der Waals surface area contributed by atoms with E-state index in [0.29, 0.717) is 15.6 Å². The van der Waals surface area contributed by atoms with E-state index in [2.05, 4.69) is 9.62 Å². The number of piperidine rings is 1. The Kier molecular flexibility index (Phi) is 7.25. The lowest BCUT2D eigenvalue weighted by Gasteiger charge is -2.35. The molecule has 1 aromatic rings. The van der Waals surface area contributed by atoms with Crippen molar-refractivity contribution in [3.63, 3.8) is 0 Å². The fourth-order valence-corrected chi connectivity index (χ4v) is 5.88. The smallest absolute Gasteiger partial charge is 0.216 e. The SMILES string of the molecule is O=S(=O)(Cc1ccc(Cl)c(Cl)c1)NC1CCN(CC2CCCCC2)CC1. The first-order valence-electron chi connectivity index (χ1n) is 9.57. The maximum absolute atomic E-state index is 12.5. The number of benzene rings is 1. The third-order valence-electron chi connectivity index (χ3n) is 5.52. The van der Waals surface area contributed by atoms with Crippen molar-refractivity contribution in [3.8, 4) is 0 Å². The average Bonchev–Trinajstić information content (AvgIpc) is 2.60. The fourth-order valence-electron chi connectivity index (χ4n) is 4.11. The zero-order valence-corrected chi connectivity index (χ0v) is 17.4. The van der Waals surface area contributed by atoms with Gasteiger partial charge in [0.15, 0.2) is 0 Å². The van der Waals surface area contributed by atoms with Crippen molar-refractivity contribution in [2.24, 2.45) is 5.92 Å². The standard InChI is InChI=1S/C19H28Cl2N2O2S/c20-18-7-6-16(12-19(18)21)14-26(24,25)22-17-8-10-23(11-9-17)13-15-4-2-1-3-5-15/h6-7,12,15,17,22H,1-5,8-11,13-14H2. The van der Waals surface area contributed by atoms with Crippen LogP contribution in [0, 0.1) is 5.92 Å². The van der Waals surface area contributed by atoms with Crippen molar-refractivity contribution >= 4 is 33.2 Å². The van der Waals surface area contributed by atoms with E-state index in [1.807, 2.05) is 0 Å². The fraction of sp³-hybridized carbons (Fsp3) is 0.684. The van der Waals surface area contributed by atoms with Crippen molar-refractivity contribution in [1.82, 2.24) is 9.62 Å². The van der Waals surface area contributed by atoms with Gasteiger partial charge in [0, 0.05) is 12.6 Å². The lowest BCUT2D eigenvalue weighted by Crippen LogP contribution is -2.46. The lowest BCUT2D eigenvalue weighted by atomic mass is 9.88. The van der Waals surface area contributed by atoms with E-state index >= 15 is 0 Å². The molecule has 1 aliphatic heterocycles. The van der Waals surface area contributed by atoms with Crippen LogP contribution in [-0.2, 0) is 15.8 Å². The van der Waals surface area contributed by atoms with E-state index in [1.165, 1.54) is 38.6 Å². The molecule has 0 atom stereocenters. The quantitative estimate of drug-likeness (QED) is 0.741. The molecule has 0 radical (unpaired) electrons. The molecule has 0 bridgehead atoms. The Morgan fingerprint density at radius 3 is 2.35 bits per heavy atom. The molecule has 1 saturated carbocycles. The first-order valence-corrected chi connectivity index (χ1v) is 12.0. The second-order valence-electron chi connectivity index (χ2n) is 7.70. The summed E-state index contributed by atoms with van der Waals surface area (Å²) in [5.41, 5.74) is 0.654. The first kappa shape index (κ1) is 20.4. The van der Waals surface area contributed by atoms with Crippen LogP contribution in [-0.4, -0.2) is 39.0 Å². The molecule has 0 spiro atoms. The van der Waals surface area contributed by atoms with Crippen LogP contribution in [0.3, 0.4) is 0 Å². The predicted molar refractivity (Wildman–Crippen MR) is 108 cm³/mol. The van der Waals surface area contributed by atoms with Gasteiger partial charge in [-0.1, -0.05) is 48.5 Å². The molecule has 1 aliphatic carbocycles. The van der Waals surface area contributed by atoms with Gasteiger partial charge in [-0.3, -0.25) is 0 Å². The summed E-state index contributed by atoms with van der Waals surface area (Å²) in [5.74, 6) is 0.776. The number of likely N-dealkylation sites (tertiary alicyclic amines) is 1. The Bertz CT molecular complexity index is 697. The van der Waals surface area contributed by atoms with Crippen LogP contribution in [0.5, 0.6) is 0 Å². The highest BCUT2D eigenvalue weighted by Crippen LogP contribution is 2.26. The van der Waals surface area contributed by atoms with Gasteiger partial charge < -0.3 is 4.90 Å². The number of nitrogens with zero attached hydrogens (tertiary/aromatic N) is 1. The van der Waals surface area contributed by atoms with Gasteiger partial charge in [0.2, 0.25) is 10.0 Å². The molecular formula is C19H28Cl2N2O2S. The normalized spacial score (nSPS) is 21.2. The molecule has 146 valence electrons. The summed E-state index contributed by atoms with van der Waals surface area (Å²) in [6, 6.07) is 5.00. The van der Waals surface area contributed by atoms with Gasteiger partial charge in [0.25, 0.3) is 0 Å². The van der Waals surface area contributed by atoms with Gasteiger partial charge in [0.05, 0.1) is 15.8 Å². The molecule has 0 amide bonds. The Labute approximate surface area is 167 Å². The van der Waals surface area contributed by atoms with Crippen molar-refractivity contribution in [2.45, 2.75) is 56.7 Å². The topological polar surface area (TPSA) is 49.4 Å². The van der Waals surface area contributed by atoms with Crippen LogP contribution in [0.25, 0.3) is 0 Å². The zero-order chi connectivity index (χ0) is 18.6. The molecule has 3 rings (SSSR count). The van der Waals surface area contributed by atoms with Gasteiger partial charge in [-0.2, -0.15) is 0 Å². The van der Waals surface area contributed by atoms with Gasteiger partial charge >= 0.3 is 0 Å². The van der Waals surface area contributed by atoms with E-state index in [-0.39, 0.29) is 11.8 Å². The molecular weight excluding hydrogens is 391 g/mol. The monoisotopic (exact) mass is 418 g/mol. The van der Waals surface area contributed by atoms with E-state index in [9.17, 15) is 8.42 Å². The van der Waals surface area contributed by atoms with Crippen LogP contribution < -0.4 is 4.72 Å². The minimum absolute atomic E-state index is 0.0328. The second kappa shape index (κ2) is 9.24. The third kappa shape index (κ3) is 6.10. The molecule has 0 aromatic heterocycles. The number of nitrogens with one attached hydrogen (secondary N) is 1. The highest BCUT2D eigenvalue weighted by atomic mass is 35.5. The Morgan fingerprint density at radius 2 is 1.69 bits per heavy atom. The highest BCUT2D eigenvalue weighted by Gasteiger charge is 2.25. The lowest BCUT2D eigenvalue weighted by molar-refractivity contribution is 0.161. The van der Waals surface area contributed by atoms with Gasteiger partial charge in [-0.25, -0.2) is 13.1 Å². The second-order valence-corrected chi connectivity index (χ2v) is 10.3. The van der Waals surface area contributed by atoms with Crippen LogP contribution in [0.1, 0.15) is 50.5 Å². The summed E-state index contributed by atoms with van der Waals surface area (Å²) in [6.07, 6.45) is 8.61. The van der Waals surface area contributed by atoms with E-state index in [4.69, 9.17) is 23.2 Å². The number of rotatable bonds is 6. The van der Waals surface area contributed by atoms with Gasteiger partial charge in [-0.15, -0.1) is 0 Å². The van der Waals surface area contributed by atoms with Crippen LogP contribution in [0.4, 0.5) is 0 Å².